The van der Waals surface area contributed by atoms with Crippen LogP contribution >= 0.6 is 11.3 Å². The summed E-state index contributed by atoms with van der Waals surface area (Å²) < 4.78 is 14.0. The van der Waals surface area contributed by atoms with Crippen molar-refractivity contribution in [2.45, 2.75) is 13.5 Å². The lowest BCUT2D eigenvalue weighted by molar-refractivity contribution is -0.141. The normalized spacial score (nSPS) is 11.8. The number of aromatic nitrogens is 3. The van der Waals surface area contributed by atoms with Crippen LogP contribution in [0.2, 0.25) is 0 Å². The Hall–Kier alpha value is -2.94. The fourth-order valence-corrected chi connectivity index (χ4v) is 3.66. The minimum absolute atomic E-state index is 0.0424. The summed E-state index contributed by atoms with van der Waals surface area (Å²) in [5.74, 6) is -0.157. The van der Waals surface area contributed by atoms with Crippen LogP contribution in [0.3, 0.4) is 0 Å². The number of hydrogen-bond acceptors (Lipinski definition) is 6. The number of esters is 1. The number of amides is 1. The number of thiazole rings is 1. The van der Waals surface area contributed by atoms with E-state index in [4.69, 9.17) is 9.47 Å². The first-order valence-electron chi connectivity index (χ1n) is 7.76. The molecule has 0 atom stereocenters. The number of carbonyl (C=O) groups is 2. The van der Waals surface area contributed by atoms with Crippen LogP contribution in [0, 0.1) is 6.92 Å². The Labute approximate surface area is 153 Å². The predicted molar refractivity (Wildman–Crippen MR) is 96.2 cm³/mol. The van der Waals surface area contributed by atoms with Gasteiger partial charge in [0.05, 0.1) is 30.6 Å². The standard InChI is InChI=1S/C17H18N4O4S/c1-10-8-18-20(2)15(10)16(23)19-17-21(9-14(22)25-4)12-6-5-11(24-3)7-13(12)26-17/h5-8H,9H2,1-4H3. The molecule has 0 bridgehead atoms. The quantitative estimate of drug-likeness (QED) is 0.648. The highest BCUT2D eigenvalue weighted by Gasteiger charge is 2.16. The summed E-state index contributed by atoms with van der Waals surface area (Å²) in [7, 11) is 4.59. The SMILES string of the molecule is COC(=O)Cn1c(=NC(=O)c2c(C)cnn2C)sc2cc(OC)ccc21. The van der Waals surface area contributed by atoms with Crippen LogP contribution in [0.4, 0.5) is 0 Å². The van der Waals surface area contributed by atoms with Gasteiger partial charge >= 0.3 is 5.97 Å². The number of aryl methyl sites for hydroxylation is 2. The maximum atomic E-state index is 12.6. The van der Waals surface area contributed by atoms with Gasteiger partial charge in [0.25, 0.3) is 5.91 Å². The Balaban J connectivity index is 2.18. The molecule has 0 saturated heterocycles. The molecule has 9 heteroatoms. The van der Waals surface area contributed by atoms with Crippen LogP contribution < -0.4 is 9.54 Å². The Bertz CT molecular complexity index is 1040. The van der Waals surface area contributed by atoms with Gasteiger partial charge in [-0.05, 0) is 25.1 Å². The van der Waals surface area contributed by atoms with Crippen LogP contribution in [0.5, 0.6) is 5.75 Å². The third-order valence-corrected chi connectivity index (χ3v) is 4.97. The Morgan fingerprint density at radius 2 is 2.08 bits per heavy atom. The fourth-order valence-electron chi connectivity index (χ4n) is 2.61. The monoisotopic (exact) mass is 374 g/mol. The van der Waals surface area contributed by atoms with Gasteiger partial charge in [0.15, 0.2) is 4.80 Å². The topological polar surface area (TPSA) is 87.7 Å². The first-order chi connectivity index (χ1) is 12.4. The minimum Gasteiger partial charge on any atom is -0.497 e. The number of benzene rings is 1. The average molecular weight is 374 g/mol. The molecule has 0 saturated carbocycles. The Morgan fingerprint density at radius 1 is 1.31 bits per heavy atom. The van der Waals surface area contributed by atoms with Crippen molar-refractivity contribution in [2.24, 2.45) is 12.0 Å². The van der Waals surface area contributed by atoms with Gasteiger partial charge in [0.2, 0.25) is 0 Å². The average Bonchev–Trinajstić information content (AvgIpc) is 3.13. The van der Waals surface area contributed by atoms with Crippen LogP contribution in [-0.4, -0.2) is 40.4 Å². The highest BCUT2D eigenvalue weighted by Crippen LogP contribution is 2.23. The van der Waals surface area contributed by atoms with Crippen molar-refractivity contribution in [1.82, 2.24) is 14.3 Å². The van der Waals surface area contributed by atoms with Gasteiger partial charge in [-0.3, -0.25) is 14.3 Å². The number of methoxy groups -OCH3 is 2. The van der Waals surface area contributed by atoms with E-state index in [1.165, 1.54) is 23.1 Å². The molecule has 0 fully saturated rings. The maximum Gasteiger partial charge on any atom is 0.325 e. The van der Waals surface area contributed by atoms with E-state index in [0.29, 0.717) is 16.2 Å². The first kappa shape index (κ1) is 17.9. The number of nitrogens with zero attached hydrogens (tertiary/aromatic N) is 4. The molecule has 2 heterocycles. The molecule has 8 nitrogen and oxygen atoms in total. The van der Waals surface area contributed by atoms with E-state index in [0.717, 1.165) is 15.8 Å². The van der Waals surface area contributed by atoms with Gasteiger partial charge in [0.1, 0.15) is 18.0 Å². The summed E-state index contributed by atoms with van der Waals surface area (Å²) in [5.41, 5.74) is 1.92. The van der Waals surface area contributed by atoms with Gasteiger partial charge in [-0.1, -0.05) is 11.3 Å². The fraction of sp³-hybridized carbons (Fsp3) is 0.294. The molecule has 3 aromatic rings. The number of carbonyl (C=O) groups excluding carboxylic acids is 2. The van der Waals surface area contributed by atoms with Gasteiger partial charge in [-0.15, -0.1) is 0 Å². The largest absolute Gasteiger partial charge is 0.497 e. The molecule has 0 radical (unpaired) electrons. The lowest BCUT2D eigenvalue weighted by Gasteiger charge is -2.04. The Morgan fingerprint density at radius 3 is 2.69 bits per heavy atom. The summed E-state index contributed by atoms with van der Waals surface area (Å²) in [4.78, 5) is 29.1. The van der Waals surface area contributed by atoms with E-state index >= 15 is 0 Å². The highest BCUT2D eigenvalue weighted by atomic mass is 32.1. The predicted octanol–water partition coefficient (Wildman–Crippen LogP) is 1.67. The maximum absolute atomic E-state index is 12.6. The van der Waals surface area contributed by atoms with Gasteiger partial charge < -0.3 is 14.0 Å². The van der Waals surface area contributed by atoms with E-state index < -0.39 is 11.9 Å². The van der Waals surface area contributed by atoms with Crippen LogP contribution in [0.15, 0.2) is 29.4 Å². The number of fused-ring (bicyclic) bond motifs is 1. The molecule has 2 aromatic heterocycles. The van der Waals surface area contributed by atoms with Crippen molar-refractivity contribution in [3.05, 3.63) is 40.5 Å². The molecule has 0 N–H and O–H groups in total. The lowest BCUT2D eigenvalue weighted by Crippen LogP contribution is -2.23. The van der Waals surface area contributed by atoms with Crippen molar-refractivity contribution in [2.75, 3.05) is 14.2 Å². The summed E-state index contributed by atoms with van der Waals surface area (Å²) in [6.07, 6.45) is 1.61. The number of hydrogen-bond donors (Lipinski definition) is 0. The Kier molecular flexibility index (Phi) is 4.90. The third-order valence-electron chi connectivity index (χ3n) is 3.93. The summed E-state index contributed by atoms with van der Waals surface area (Å²) in [5, 5.41) is 4.07. The molecule has 0 aliphatic carbocycles. The second-order valence-electron chi connectivity index (χ2n) is 5.60. The zero-order valence-electron chi connectivity index (χ0n) is 14.8. The molecular weight excluding hydrogens is 356 g/mol. The second-order valence-corrected chi connectivity index (χ2v) is 6.61. The molecule has 3 rings (SSSR count). The number of rotatable bonds is 4. The van der Waals surface area contributed by atoms with E-state index in [-0.39, 0.29) is 6.54 Å². The third kappa shape index (κ3) is 3.25. The van der Waals surface area contributed by atoms with Crippen LogP contribution in [0.25, 0.3) is 10.2 Å². The number of ether oxygens (including phenoxy) is 2. The van der Waals surface area contributed by atoms with Crippen LogP contribution in [0.1, 0.15) is 16.1 Å². The minimum atomic E-state index is -0.425. The van der Waals surface area contributed by atoms with E-state index in [1.54, 1.807) is 37.9 Å². The van der Waals surface area contributed by atoms with Crippen molar-refractivity contribution in [1.29, 1.82) is 0 Å². The smallest absolute Gasteiger partial charge is 0.325 e. The van der Waals surface area contributed by atoms with E-state index in [1.807, 2.05) is 12.1 Å². The molecule has 1 aromatic carbocycles. The van der Waals surface area contributed by atoms with Gasteiger partial charge in [0, 0.05) is 12.6 Å². The molecule has 136 valence electrons. The van der Waals surface area contributed by atoms with Gasteiger partial charge in [-0.25, -0.2) is 0 Å². The van der Waals surface area contributed by atoms with Crippen molar-refractivity contribution >= 4 is 33.4 Å². The highest BCUT2D eigenvalue weighted by molar-refractivity contribution is 7.16. The molecule has 0 aliphatic rings. The van der Waals surface area contributed by atoms with E-state index in [2.05, 4.69) is 10.1 Å². The molecule has 1 amide bonds. The zero-order chi connectivity index (χ0) is 18.8. The first-order valence-corrected chi connectivity index (χ1v) is 8.58. The lowest BCUT2D eigenvalue weighted by atomic mass is 10.3. The molecule has 26 heavy (non-hydrogen) atoms. The van der Waals surface area contributed by atoms with Crippen molar-refractivity contribution in [3.8, 4) is 5.75 Å². The summed E-state index contributed by atoms with van der Waals surface area (Å²) >= 11 is 1.30. The van der Waals surface area contributed by atoms with Crippen LogP contribution in [-0.2, 0) is 23.1 Å². The zero-order valence-corrected chi connectivity index (χ0v) is 15.7. The molecular formula is C17H18N4O4S. The molecule has 0 spiro atoms. The summed E-state index contributed by atoms with van der Waals surface area (Å²) in [6.45, 7) is 1.76. The van der Waals surface area contributed by atoms with Crippen molar-refractivity contribution in [3.63, 3.8) is 0 Å². The van der Waals surface area contributed by atoms with Gasteiger partial charge in [-0.2, -0.15) is 10.1 Å². The molecule has 0 aliphatic heterocycles. The second kappa shape index (κ2) is 7.12. The summed E-state index contributed by atoms with van der Waals surface area (Å²) in [6, 6.07) is 5.46. The van der Waals surface area contributed by atoms with E-state index in [9.17, 15) is 9.59 Å². The van der Waals surface area contributed by atoms with Crippen molar-refractivity contribution < 1.29 is 19.1 Å². The molecule has 0 unspecified atom stereocenters.